The minimum Gasteiger partial charge on any atom is -0.337 e. The van der Waals surface area contributed by atoms with Crippen LogP contribution in [0.1, 0.15) is 25.2 Å². The van der Waals surface area contributed by atoms with Gasteiger partial charge in [-0.25, -0.2) is 4.98 Å². The number of nitrogens with one attached hydrogen (secondary N) is 1. The Morgan fingerprint density at radius 2 is 2.54 bits per heavy atom. The fourth-order valence-electron chi connectivity index (χ4n) is 1.33. The molecule has 0 aromatic carbocycles. The van der Waals surface area contributed by atoms with Crippen molar-refractivity contribution in [2.75, 3.05) is 6.54 Å². The summed E-state index contributed by atoms with van der Waals surface area (Å²) in [6.07, 6.45) is 9.68. The number of hydrogen-bond acceptors (Lipinski definition) is 2. The van der Waals surface area contributed by atoms with Crippen molar-refractivity contribution in [1.82, 2.24) is 14.9 Å². The Kier molecular flexibility index (Phi) is 3.53. The van der Waals surface area contributed by atoms with Gasteiger partial charge in [0.05, 0.1) is 6.04 Å². The third-order valence-electron chi connectivity index (χ3n) is 1.94. The van der Waals surface area contributed by atoms with Crippen LogP contribution in [-0.4, -0.2) is 16.1 Å². The summed E-state index contributed by atoms with van der Waals surface area (Å²) in [5.41, 5.74) is 0. The van der Waals surface area contributed by atoms with Crippen LogP contribution in [0.4, 0.5) is 0 Å². The van der Waals surface area contributed by atoms with E-state index in [0.29, 0.717) is 6.42 Å². The Morgan fingerprint density at radius 3 is 3.00 bits per heavy atom. The van der Waals surface area contributed by atoms with Crippen LogP contribution in [0.25, 0.3) is 0 Å². The summed E-state index contributed by atoms with van der Waals surface area (Å²) in [4.78, 5) is 4.26. The molecule has 0 bridgehead atoms. The first-order chi connectivity index (χ1) is 6.29. The maximum absolute atomic E-state index is 5.29. The van der Waals surface area contributed by atoms with Gasteiger partial charge >= 0.3 is 0 Å². The summed E-state index contributed by atoms with van der Waals surface area (Å²) < 4.78 is 1.99. The van der Waals surface area contributed by atoms with Crippen molar-refractivity contribution in [2.24, 2.45) is 7.05 Å². The van der Waals surface area contributed by atoms with E-state index in [0.717, 1.165) is 12.4 Å². The van der Waals surface area contributed by atoms with E-state index in [2.05, 4.69) is 23.1 Å². The number of rotatable bonds is 4. The summed E-state index contributed by atoms with van der Waals surface area (Å²) in [6.45, 7) is 2.96. The predicted octanol–water partition coefficient (Wildman–Crippen LogP) is 1.09. The van der Waals surface area contributed by atoms with Crippen molar-refractivity contribution in [3.8, 4) is 12.3 Å². The maximum atomic E-state index is 5.29. The topological polar surface area (TPSA) is 29.9 Å². The zero-order chi connectivity index (χ0) is 9.68. The van der Waals surface area contributed by atoms with E-state index in [1.54, 1.807) is 6.20 Å². The second-order valence-corrected chi connectivity index (χ2v) is 2.91. The molecule has 0 radical (unpaired) electrons. The Bertz CT molecular complexity index is 295. The van der Waals surface area contributed by atoms with Crippen LogP contribution in [-0.2, 0) is 7.05 Å². The molecule has 70 valence electrons. The van der Waals surface area contributed by atoms with Crippen molar-refractivity contribution in [2.45, 2.75) is 19.4 Å². The largest absolute Gasteiger partial charge is 0.337 e. The number of hydrogen-bond donors (Lipinski definition) is 1. The second kappa shape index (κ2) is 4.68. The summed E-state index contributed by atoms with van der Waals surface area (Å²) in [7, 11) is 1.98. The van der Waals surface area contributed by atoms with Gasteiger partial charge in [0.1, 0.15) is 5.82 Å². The number of nitrogens with zero attached hydrogens (tertiary/aromatic N) is 2. The fourth-order valence-corrected chi connectivity index (χ4v) is 1.33. The number of aryl methyl sites for hydroxylation is 1. The number of terminal acetylenes is 1. The summed E-state index contributed by atoms with van der Waals surface area (Å²) in [5, 5.41) is 3.30. The molecule has 0 spiro atoms. The molecule has 0 saturated heterocycles. The van der Waals surface area contributed by atoms with E-state index in [-0.39, 0.29) is 6.04 Å². The van der Waals surface area contributed by atoms with Gasteiger partial charge in [0.25, 0.3) is 0 Å². The van der Waals surface area contributed by atoms with Crippen LogP contribution in [0.5, 0.6) is 0 Å². The van der Waals surface area contributed by atoms with Crippen LogP contribution in [0.15, 0.2) is 12.4 Å². The van der Waals surface area contributed by atoms with Gasteiger partial charge in [0.2, 0.25) is 0 Å². The molecule has 1 rings (SSSR count). The van der Waals surface area contributed by atoms with Gasteiger partial charge in [-0.3, -0.25) is 0 Å². The van der Waals surface area contributed by atoms with Crippen LogP contribution in [0.3, 0.4) is 0 Å². The van der Waals surface area contributed by atoms with Crippen molar-refractivity contribution in [1.29, 1.82) is 0 Å². The lowest BCUT2D eigenvalue weighted by Gasteiger charge is -2.14. The van der Waals surface area contributed by atoms with E-state index >= 15 is 0 Å². The SMILES string of the molecule is C#CCC(NCC)c1nccn1C. The van der Waals surface area contributed by atoms with E-state index in [9.17, 15) is 0 Å². The summed E-state index contributed by atoms with van der Waals surface area (Å²) in [5.74, 6) is 3.65. The van der Waals surface area contributed by atoms with Gasteiger partial charge in [-0.2, -0.15) is 0 Å². The lowest BCUT2D eigenvalue weighted by atomic mass is 10.2. The van der Waals surface area contributed by atoms with Crippen molar-refractivity contribution in [3.05, 3.63) is 18.2 Å². The molecule has 0 aliphatic heterocycles. The van der Waals surface area contributed by atoms with Crippen molar-refractivity contribution >= 4 is 0 Å². The smallest absolute Gasteiger partial charge is 0.126 e. The summed E-state index contributed by atoms with van der Waals surface area (Å²) >= 11 is 0. The quantitative estimate of drug-likeness (QED) is 0.698. The van der Waals surface area contributed by atoms with E-state index < -0.39 is 0 Å². The van der Waals surface area contributed by atoms with Crippen LogP contribution >= 0.6 is 0 Å². The van der Waals surface area contributed by atoms with Gasteiger partial charge in [-0.05, 0) is 6.54 Å². The first-order valence-corrected chi connectivity index (χ1v) is 4.43. The van der Waals surface area contributed by atoms with Gasteiger partial charge in [-0.1, -0.05) is 6.92 Å². The van der Waals surface area contributed by atoms with E-state index in [1.165, 1.54) is 0 Å². The predicted molar refractivity (Wildman–Crippen MR) is 53.1 cm³/mol. The third kappa shape index (κ3) is 2.33. The molecular formula is C10H15N3. The Morgan fingerprint density at radius 1 is 1.77 bits per heavy atom. The van der Waals surface area contributed by atoms with Crippen LogP contribution in [0, 0.1) is 12.3 Å². The molecule has 1 aromatic heterocycles. The van der Waals surface area contributed by atoms with E-state index in [1.807, 2.05) is 17.8 Å². The Balaban J connectivity index is 2.76. The molecule has 1 atom stereocenters. The molecule has 1 heterocycles. The van der Waals surface area contributed by atoms with Gasteiger partial charge in [0, 0.05) is 25.9 Å². The molecular weight excluding hydrogens is 162 g/mol. The molecule has 1 aromatic rings. The third-order valence-corrected chi connectivity index (χ3v) is 1.94. The lowest BCUT2D eigenvalue weighted by Crippen LogP contribution is -2.23. The van der Waals surface area contributed by atoms with Crippen LogP contribution < -0.4 is 5.32 Å². The van der Waals surface area contributed by atoms with E-state index in [4.69, 9.17) is 6.42 Å². The second-order valence-electron chi connectivity index (χ2n) is 2.91. The highest BCUT2D eigenvalue weighted by atomic mass is 15.1. The molecule has 1 N–H and O–H groups in total. The standard InChI is InChI=1S/C10H15N3/c1-4-6-9(11-5-2)10-12-7-8-13(10)3/h1,7-9,11H,5-6H2,2-3H3. The van der Waals surface area contributed by atoms with Crippen molar-refractivity contribution < 1.29 is 0 Å². The zero-order valence-corrected chi connectivity index (χ0v) is 8.12. The first kappa shape index (κ1) is 9.82. The zero-order valence-electron chi connectivity index (χ0n) is 8.12. The average Bonchev–Trinajstić information content (AvgIpc) is 2.51. The Hall–Kier alpha value is -1.27. The monoisotopic (exact) mass is 177 g/mol. The minimum absolute atomic E-state index is 0.176. The molecule has 0 amide bonds. The molecule has 0 aliphatic rings. The Labute approximate surface area is 79.2 Å². The first-order valence-electron chi connectivity index (χ1n) is 4.43. The molecule has 0 aliphatic carbocycles. The minimum atomic E-state index is 0.176. The lowest BCUT2D eigenvalue weighted by molar-refractivity contribution is 0.519. The molecule has 13 heavy (non-hydrogen) atoms. The van der Waals surface area contributed by atoms with Gasteiger partial charge in [-0.15, -0.1) is 12.3 Å². The molecule has 1 unspecified atom stereocenters. The van der Waals surface area contributed by atoms with Crippen molar-refractivity contribution in [3.63, 3.8) is 0 Å². The number of aromatic nitrogens is 2. The number of imidazole rings is 1. The fraction of sp³-hybridized carbons (Fsp3) is 0.500. The average molecular weight is 177 g/mol. The highest BCUT2D eigenvalue weighted by Crippen LogP contribution is 2.12. The van der Waals surface area contributed by atoms with Gasteiger partial charge in [0.15, 0.2) is 0 Å². The summed E-state index contributed by atoms with van der Waals surface area (Å²) in [6, 6.07) is 0.176. The van der Waals surface area contributed by atoms with Gasteiger partial charge < -0.3 is 9.88 Å². The molecule has 0 saturated carbocycles. The molecule has 3 nitrogen and oxygen atoms in total. The van der Waals surface area contributed by atoms with Crippen LogP contribution in [0.2, 0.25) is 0 Å². The molecule has 3 heteroatoms. The molecule has 0 fully saturated rings. The highest BCUT2D eigenvalue weighted by Gasteiger charge is 2.12. The normalized spacial score (nSPS) is 12.4. The highest BCUT2D eigenvalue weighted by molar-refractivity contribution is 5.03. The maximum Gasteiger partial charge on any atom is 0.126 e.